The van der Waals surface area contributed by atoms with Crippen LogP contribution in [0.3, 0.4) is 0 Å². The highest BCUT2D eigenvalue weighted by Crippen LogP contribution is 2.31. The summed E-state index contributed by atoms with van der Waals surface area (Å²) in [6, 6.07) is 7.66. The van der Waals surface area contributed by atoms with E-state index >= 15 is 0 Å². The molecule has 0 aromatic heterocycles. The van der Waals surface area contributed by atoms with E-state index in [9.17, 15) is 13.2 Å². The highest BCUT2D eigenvalue weighted by atomic mass is 79.9. The van der Waals surface area contributed by atoms with E-state index in [1.807, 2.05) is 6.92 Å². The second kappa shape index (κ2) is 6.41. The lowest BCUT2D eigenvalue weighted by molar-refractivity contribution is 0.501. The Bertz CT molecular complexity index is 596. The first-order valence-corrected chi connectivity index (χ1v) is 6.96. The first-order chi connectivity index (χ1) is 9.54. The van der Waals surface area contributed by atoms with Crippen molar-refractivity contribution in [3.05, 3.63) is 69.4 Å². The van der Waals surface area contributed by atoms with E-state index in [1.165, 1.54) is 12.1 Å². The highest BCUT2D eigenvalue weighted by molar-refractivity contribution is 9.10. The van der Waals surface area contributed by atoms with Crippen LogP contribution in [0.15, 0.2) is 40.9 Å². The standard InChI is InChI=1S/C15H13BrF3N/c1-2-20-15(9-6-7-11(17)13(19)8-9)14-10(16)4-3-5-12(14)18/h3-8,15,20H,2H2,1H3. The van der Waals surface area contributed by atoms with E-state index in [0.717, 1.165) is 12.1 Å². The quantitative estimate of drug-likeness (QED) is 0.857. The normalized spacial score (nSPS) is 12.4. The molecule has 0 radical (unpaired) electrons. The molecule has 0 amide bonds. The first-order valence-electron chi connectivity index (χ1n) is 6.16. The summed E-state index contributed by atoms with van der Waals surface area (Å²) < 4.78 is 41.0. The molecule has 0 aliphatic carbocycles. The molecular formula is C15H13BrF3N. The Morgan fingerprint density at radius 3 is 2.40 bits per heavy atom. The van der Waals surface area contributed by atoms with Crippen LogP contribution in [0, 0.1) is 17.5 Å². The first kappa shape index (κ1) is 15.1. The summed E-state index contributed by atoms with van der Waals surface area (Å²) in [6.45, 7) is 2.42. The fourth-order valence-corrected chi connectivity index (χ4v) is 2.64. The van der Waals surface area contributed by atoms with E-state index in [0.29, 0.717) is 22.1 Å². The minimum atomic E-state index is -0.946. The van der Waals surface area contributed by atoms with Crippen LogP contribution in [0.4, 0.5) is 13.2 Å². The van der Waals surface area contributed by atoms with Gasteiger partial charge in [-0.2, -0.15) is 0 Å². The summed E-state index contributed by atoms with van der Waals surface area (Å²) in [5.74, 6) is -2.27. The molecule has 0 saturated heterocycles. The van der Waals surface area contributed by atoms with Crippen LogP contribution in [-0.4, -0.2) is 6.54 Å². The van der Waals surface area contributed by atoms with Gasteiger partial charge in [0.25, 0.3) is 0 Å². The molecule has 1 atom stereocenters. The lowest BCUT2D eigenvalue weighted by atomic mass is 9.98. The van der Waals surface area contributed by atoms with Crippen LogP contribution in [0.25, 0.3) is 0 Å². The van der Waals surface area contributed by atoms with Crippen molar-refractivity contribution in [3.63, 3.8) is 0 Å². The van der Waals surface area contributed by atoms with Gasteiger partial charge in [-0.15, -0.1) is 0 Å². The third-order valence-electron chi connectivity index (χ3n) is 2.97. The van der Waals surface area contributed by atoms with Gasteiger partial charge in [0.1, 0.15) is 5.82 Å². The largest absolute Gasteiger partial charge is 0.306 e. The van der Waals surface area contributed by atoms with Gasteiger partial charge in [-0.25, -0.2) is 13.2 Å². The molecule has 0 spiro atoms. The molecule has 1 nitrogen and oxygen atoms in total. The lowest BCUT2D eigenvalue weighted by Gasteiger charge is -2.21. The zero-order valence-corrected chi connectivity index (χ0v) is 12.3. The molecule has 5 heteroatoms. The summed E-state index contributed by atoms with van der Waals surface area (Å²) in [5, 5.41) is 3.08. The van der Waals surface area contributed by atoms with Gasteiger partial charge < -0.3 is 5.32 Å². The second-order valence-electron chi connectivity index (χ2n) is 4.30. The minimum absolute atomic E-state index is 0.375. The van der Waals surface area contributed by atoms with Gasteiger partial charge in [0.2, 0.25) is 0 Å². The average molecular weight is 344 g/mol. The van der Waals surface area contributed by atoms with Crippen molar-refractivity contribution >= 4 is 15.9 Å². The van der Waals surface area contributed by atoms with E-state index in [1.54, 1.807) is 12.1 Å². The molecule has 1 N–H and O–H groups in total. The van der Waals surface area contributed by atoms with E-state index in [-0.39, 0.29) is 0 Å². The third kappa shape index (κ3) is 3.04. The van der Waals surface area contributed by atoms with Gasteiger partial charge in [0.05, 0.1) is 6.04 Å². The van der Waals surface area contributed by atoms with Crippen LogP contribution in [0.5, 0.6) is 0 Å². The van der Waals surface area contributed by atoms with Gasteiger partial charge in [-0.1, -0.05) is 35.0 Å². The molecule has 1 unspecified atom stereocenters. The Labute approximate surface area is 123 Å². The molecule has 0 heterocycles. The Morgan fingerprint density at radius 1 is 1.05 bits per heavy atom. The molecule has 106 valence electrons. The van der Waals surface area contributed by atoms with Gasteiger partial charge in [0.15, 0.2) is 11.6 Å². The number of halogens is 4. The Kier molecular flexibility index (Phi) is 4.83. The van der Waals surface area contributed by atoms with Crippen LogP contribution in [-0.2, 0) is 0 Å². The van der Waals surface area contributed by atoms with Crippen molar-refractivity contribution < 1.29 is 13.2 Å². The Hall–Kier alpha value is -1.33. The number of benzene rings is 2. The smallest absolute Gasteiger partial charge is 0.159 e. The molecule has 2 rings (SSSR count). The minimum Gasteiger partial charge on any atom is -0.306 e. The zero-order chi connectivity index (χ0) is 14.7. The summed E-state index contributed by atoms with van der Waals surface area (Å²) in [6.07, 6.45) is 0. The van der Waals surface area contributed by atoms with E-state index in [2.05, 4.69) is 21.2 Å². The average Bonchev–Trinajstić information content (AvgIpc) is 2.41. The number of hydrogen-bond donors (Lipinski definition) is 1. The number of rotatable bonds is 4. The van der Waals surface area contributed by atoms with Gasteiger partial charge >= 0.3 is 0 Å². The van der Waals surface area contributed by atoms with E-state index in [4.69, 9.17) is 0 Å². The summed E-state index contributed by atoms with van der Waals surface area (Å²) in [4.78, 5) is 0. The van der Waals surface area contributed by atoms with Gasteiger partial charge in [0, 0.05) is 10.0 Å². The molecule has 0 aliphatic heterocycles. The highest BCUT2D eigenvalue weighted by Gasteiger charge is 2.21. The summed E-state index contributed by atoms with van der Waals surface area (Å²) in [7, 11) is 0. The van der Waals surface area contributed by atoms with Crippen LogP contribution < -0.4 is 5.32 Å². The monoisotopic (exact) mass is 343 g/mol. The van der Waals surface area contributed by atoms with Crippen LogP contribution in [0.1, 0.15) is 24.1 Å². The van der Waals surface area contributed by atoms with Gasteiger partial charge in [-0.3, -0.25) is 0 Å². The maximum atomic E-state index is 14.1. The second-order valence-corrected chi connectivity index (χ2v) is 5.15. The molecule has 0 aliphatic rings. The summed E-state index contributed by atoms with van der Waals surface area (Å²) in [5.41, 5.74) is 0.844. The van der Waals surface area contributed by atoms with Crippen molar-refractivity contribution in [2.75, 3.05) is 6.54 Å². The fraction of sp³-hybridized carbons (Fsp3) is 0.200. The molecule has 0 saturated carbocycles. The maximum absolute atomic E-state index is 14.1. The third-order valence-corrected chi connectivity index (χ3v) is 3.67. The molecular weight excluding hydrogens is 331 g/mol. The Balaban J connectivity index is 2.53. The van der Waals surface area contributed by atoms with Crippen molar-refractivity contribution in [2.24, 2.45) is 0 Å². The number of nitrogens with one attached hydrogen (secondary N) is 1. The Morgan fingerprint density at radius 2 is 1.80 bits per heavy atom. The molecule has 20 heavy (non-hydrogen) atoms. The molecule has 2 aromatic rings. The molecule has 0 bridgehead atoms. The molecule has 0 fully saturated rings. The van der Waals surface area contributed by atoms with Crippen LogP contribution >= 0.6 is 15.9 Å². The summed E-state index contributed by atoms with van der Waals surface area (Å²) >= 11 is 3.30. The zero-order valence-electron chi connectivity index (χ0n) is 10.8. The van der Waals surface area contributed by atoms with E-state index < -0.39 is 23.5 Å². The predicted molar refractivity (Wildman–Crippen MR) is 76.0 cm³/mol. The van der Waals surface area contributed by atoms with Crippen molar-refractivity contribution in [1.29, 1.82) is 0 Å². The van der Waals surface area contributed by atoms with Crippen LogP contribution in [0.2, 0.25) is 0 Å². The lowest BCUT2D eigenvalue weighted by Crippen LogP contribution is -2.23. The fourth-order valence-electron chi connectivity index (χ4n) is 2.07. The topological polar surface area (TPSA) is 12.0 Å². The maximum Gasteiger partial charge on any atom is 0.159 e. The predicted octanol–water partition coefficient (Wildman–Crippen LogP) is 4.57. The van der Waals surface area contributed by atoms with Gasteiger partial charge in [-0.05, 0) is 36.4 Å². The van der Waals surface area contributed by atoms with Crippen molar-refractivity contribution in [1.82, 2.24) is 5.32 Å². The SMILES string of the molecule is CCNC(c1ccc(F)c(F)c1)c1c(F)cccc1Br. The number of hydrogen-bond acceptors (Lipinski definition) is 1. The van der Waals surface area contributed by atoms with Crippen molar-refractivity contribution in [2.45, 2.75) is 13.0 Å². The van der Waals surface area contributed by atoms with Crippen molar-refractivity contribution in [3.8, 4) is 0 Å². The molecule has 2 aromatic carbocycles.